The second-order valence-corrected chi connectivity index (χ2v) is 4.73. The third-order valence-corrected chi connectivity index (χ3v) is 3.58. The van der Waals surface area contributed by atoms with Gasteiger partial charge in [-0.3, -0.25) is 14.9 Å². The van der Waals surface area contributed by atoms with E-state index in [1.54, 1.807) is 11.0 Å². The molecule has 1 aromatic rings. The lowest BCUT2D eigenvalue weighted by atomic mass is 10.1. The number of hydrogen-bond acceptors (Lipinski definition) is 4. The van der Waals surface area contributed by atoms with Gasteiger partial charge in [-0.15, -0.1) is 0 Å². The maximum atomic E-state index is 12.4. The first-order valence-corrected chi connectivity index (χ1v) is 6.39. The van der Waals surface area contributed by atoms with E-state index in [9.17, 15) is 14.9 Å². The number of amides is 1. The quantitative estimate of drug-likeness (QED) is 0.514. The highest BCUT2D eigenvalue weighted by atomic mass is 16.6. The largest absolute Gasteiger partial charge is 0.393 e. The summed E-state index contributed by atoms with van der Waals surface area (Å²) in [5.74, 6) is -0.146. The number of nitrogen functional groups attached to an aromatic ring is 1. The molecule has 1 unspecified atom stereocenters. The molecule has 1 heterocycles. The lowest BCUT2D eigenvalue weighted by Gasteiger charge is -2.23. The van der Waals surface area contributed by atoms with Crippen LogP contribution in [0.25, 0.3) is 0 Å². The highest BCUT2D eigenvalue weighted by Crippen LogP contribution is 2.26. The molecule has 0 aromatic heterocycles. The van der Waals surface area contributed by atoms with Crippen LogP contribution in [0, 0.1) is 10.1 Å². The Balaban J connectivity index is 2.29. The van der Waals surface area contributed by atoms with Crippen LogP contribution >= 0.6 is 0 Å². The van der Waals surface area contributed by atoms with Crippen LogP contribution in [-0.4, -0.2) is 28.3 Å². The summed E-state index contributed by atoms with van der Waals surface area (Å²) < 4.78 is 0. The van der Waals surface area contributed by atoms with Crippen LogP contribution in [0.15, 0.2) is 18.2 Å². The fourth-order valence-electron chi connectivity index (χ4n) is 2.53. The molecule has 0 spiro atoms. The van der Waals surface area contributed by atoms with E-state index in [4.69, 9.17) is 5.73 Å². The van der Waals surface area contributed by atoms with Crippen molar-refractivity contribution in [3.05, 3.63) is 33.9 Å². The number of carbonyl (C=O) groups excluding carboxylic acids is 1. The number of nitrogens with zero attached hydrogens (tertiary/aromatic N) is 2. The lowest BCUT2D eigenvalue weighted by Crippen LogP contribution is -2.35. The van der Waals surface area contributed by atoms with Gasteiger partial charge < -0.3 is 10.6 Å². The molecular weight excluding hydrogens is 246 g/mol. The van der Waals surface area contributed by atoms with Gasteiger partial charge in [-0.2, -0.15) is 0 Å². The number of likely N-dealkylation sites (tertiary alicyclic amines) is 1. The Morgan fingerprint density at radius 2 is 2.32 bits per heavy atom. The average molecular weight is 263 g/mol. The first-order chi connectivity index (χ1) is 9.04. The van der Waals surface area contributed by atoms with Gasteiger partial charge in [0.25, 0.3) is 11.6 Å². The van der Waals surface area contributed by atoms with Gasteiger partial charge in [0.2, 0.25) is 0 Å². The van der Waals surface area contributed by atoms with Gasteiger partial charge in [0.1, 0.15) is 5.69 Å². The number of benzene rings is 1. The first-order valence-electron chi connectivity index (χ1n) is 6.39. The van der Waals surface area contributed by atoms with Crippen LogP contribution < -0.4 is 5.73 Å². The summed E-state index contributed by atoms with van der Waals surface area (Å²) in [6, 6.07) is 4.48. The van der Waals surface area contributed by atoms with Crippen LogP contribution in [-0.2, 0) is 0 Å². The van der Waals surface area contributed by atoms with Gasteiger partial charge in [-0.05, 0) is 31.4 Å². The lowest BCUT2D eigenvalue weighted by molar-refractivity contribution is -0.383. The molecule has 0 aliphatic carbocycles. The van der Waals surface area contributed by atoms with E-state index in [1.807, 2.05) is 6.92 Å². The number of anilines is 1. The summed E-state index contributed by atoms with van der Waals surface area (Å²) in [4.78, 5) is 24.4. The van der Waals surface area contributed by atoms with Gasteiger partial charge in [-0.25, -0.2) is 0 Å². The van der Waals surface area contributed by atoms with Crippen molar-refractivity contribution in [2.24, 2.45) is 0 Å². The molecule has 2 rings (SSSR count). The molecular formula is C13H17N3O3. The third kappa shape index (κ3) is 2.52. The molecule has 1 amide bonds. The molecule has 0 radical (unpaired) electrons. The van der Waals surface area contributed by atoms with Crippen molar-refractivity contribution >= 4 is 17.3 Å². The highest BCUT2D eigenvalue weighted by molar-refractivity contribution is 5.96. The van der Waals surface area contributed by atoms with E-state index in [0.29, 0.717) is 5.56 Å². The van der Waals surface area contributed by atoms with Crippen LogP contribution in [0.5, 0.6) is 0 Å². The minimum atomic E-state index is -0.562. The second-order valence-electron chi connectivity index (χ2n) is 4.73. The van der Waals surface area contributed by atoms with E-state index in [-0.39, 0.29) is 23.3 Å². The molecule has 1 fully saturated rings. The van der Waals surface area contributed by atoms with Crippen molar-refractivity contribution in [1.82, 2.24) is 4.90 Å². The predicted octanol–water partition coefficient (Wildman–Crippen LogP) is 2.19. The number of hydrogen-bond donors (Lipinski definition) is 1. The van der Waals surface area contributed by atoms with E-state index in [2.05, 4.69) is 0 Å². The molecule has 102 valence electrons. The summed E-state index contributed by atoms with van der Waals surface area (Å²) in [7, 11) is 0. The van der Waals surface area contributed by atoms with Crippen molar-refractivity contribution in [2.45, 2.75) is 32.2 Å². The highest BCUT2D eigenvalue weighted by Gasteiger charge is 2.29. The summed E-state index contributed by atoms with van der Waals surface area (Å²) in [6.07, 6.45) is 2.89. The van der Waals surface area contributed by atoms with Gasteiger partial charge >= 0.3 is 0 Å². The van der Waals surface area contributed by atoms with Crippen molar-refractivity contribution in [2.75, 3.05) is 12.3 Å². The Hall–Kier alpha value is -2.11. The van der Waals surface area contributed by atoms with Crippen molar-refractivity contribution in [1.29, 1.82) is 0 Å². The summed E-state index contributed by atoms with van der Waals surface area (Å²) in [6.45, 7) is 2.76. The molecule has 0 saturated carbocycles. The summed E-state index contributed by atoms with van der Waals surface area (Å²) in [5, 5.41) is 10.8. The van der Waals surface area contributed by atoms with E-state index in [1.165, 1.54) is 12.1 Å². The van der Waals surface area contributed by atoms with E-state index >= 15 is 0 Å². The Morgan fingerprint density at radius 3 is 2.95 bits per heavy atom. The Bertz CT molecular complexity index is 516. The van der Waals surface area contributed by atoms with Crippen molar-refractivity contribution in [3.8, 4) is 0 Å². The van der Waals surface area contributed by atoms with E-state index < -0.39 is 4.92 Å². The fourth-order valence-corrected chi connectivity index (χ4v) is 2.53. The number of nitro groups is 1. The minimum absolute atomic E-state index is 0.0787. The molecule has 1 aliphatic heterocycles. The van der Waals surface area contributed by atoms with Gasteiger partial charge in [0, 0.05) is 24.2 Å². The summed E-state index contributed by atoms with van der Waals surface area (Å²) in [5.41, 5.74) is 5.73. The minimum Gasteiger partial charge on any atom is -0.393 e. The number of rotatable bonds is 3. The molecule has 0 bridgehead atoms. The third-order valence-electron chi connectivity index (χ3n) is 3.58. The van der Waals surface area contributed by atoms with Gasteiger partial charge in [0.05, 0.1) is 4.92 Å². The molecule has 2 N–H and O–H groups in total. The Kier molecular flexibility index (Phi) is 3.69. The van der Waals surface area contributed by atoms with Gasteiger partial charge in [-0.1, -0.05) is 6.92 Å². The maximum Gasteiger partial charge on any atom is 0.292 e. The van der Waals surface area contributed by atoms with E-state index in [0.717, 1.165) is 25.8 Å². The predicted molar refractivity (Wildman–Crippen MR) is 71.9 cm³/mol. The number of nitrogens with two attached hydrogens (primary N) is 1. The van der Waals surface area contributed by atoms with Crippen LogP contribution in [0.1, 0.15) is 36.5 Å². The van der Waals surface area contributed by atoms with Crippen molar-refractivity contribution < 1.29 is 9.72 Å². The Morgan fingerprint density at radius 1 is 1.58 bits per heavy atom. The molecule has 19 heavy (non-hydrogen) atoms. The normalized spacial score (nSPS) is 18.6. The fraction of sp³-hybridized carbons (Fsp3) is 0.462. The average Bonchev–Trinajstić information content (AvgIpc) is 2.86. The Labute approximate surface area is 111 Å². The zero-order chi connectivity index (χ0) is 14.0. The zero-order valence-corrected chi connectivity index (χ0v) is 10.8. The van der Waals surface area contributed by atoms with Crippen LogP contribution in [0.3, 0.4) is 0 Å². The molecule has 6 heteroatoms. The van der Waals surface area contributed by atoms with Gasteiger partial charge in [0.15, 0.2) is 0 Å². The van der Waals surface area contributed by atoms with Crippen molar-refractivity contribution in [3.63, 3.8) is 0 Å². The van der Waals surface area contributed by atoms with Crippen LogP contribution in [0.4, 0.5) is 11.4 Å². The molecule has 1 saturated heterocycles. The standard InChI is InChI=1S/C13H17N3O3/c1-2-10-4-3-7-15(10)13(17)9-5-6-11(14)12(8-9)16(18)19/h5-6,8,10H,2-4,7,14H2,1H3. The molecule has 1 atom stereocenters. The topological polar surface area (TPSA) is 89.5 Å². The zero-order valence-electron chi connectivity index (χ0n) is 10.8. The van der Waals surface area contributed by atoms with Crippen LogP contribution in [0.2, 0.25) is 0 Å². The number of nitro benzene ring substituents is 1. The first kappa shape index (κ1) is 13.3. The molecule has 6 nitrogen and oxygen atoms in total. The molecule has 1 aromatic carbocycles. The number of carbonyl (C=O) groups is 1. The summed E-state index contributed by atoms with van der Waals surface area (Å²) >= 11 is 0. The smallest absolute Gasteiger partial charge is 0.292 e. The SMILES string of the molecule is CCC1CCCN1C(=O)c1ccc(N)c([N+](=O)[O-])c1. The molecule has 1 aliphatic rings. The second kappa shape index (κ2) is 5.26. The monoisotopic (exact) mass is 263 g/mol. The maximum absolute atomic E-state index is 12.4.